The molecule has 0 amide bonds. The Morgan fingerprint density at radius 2 is 1.65 bits per heavy atom. The van der Waals surface area contributed by atoms with Gasteiger partial charge in [0.1, 0.15) is 11.9 Å². The lowest BCUT2D eigenvalue weighted by Crippen LogP contribution is -2.56. The summed E-state index contributed by atoms with van der Waals surface area (Å²) in [5.41, 5.74) is 1.98. The van der Waals surface area contributed by atoms with E-state index in [1.165, 1.54) is 0 Å². The zero-order chi connectivity index (χ0) is 29.3. The van der Waals surface area contributed by atoms with E-state index < -0.39 is 18.0 Å². The van der Waals surface area contributed by atoms with E-state index in [9.17, 15) is 10.2 Å². The lowest BCUT2D eigenvalue weighted by atomic mass is 9.80. The number of ether oxygens (including phenoxy) is 4. The van der Waals surface area contributed by atoms with Crippen molar-refractivity contribution in [2.45, 2.75) is 116 Å². The molecule has 0 saturated carbocycles. The molecule has 0 unspecified atom stereocenters. The number of rotatable bonds is 14. The third-order valence-electron chi connectivity index (χ3n) is 8.66. The van der Waals surface area contributed by atoms with E-state index >= 15 is 0 Å². The minimum absolute atomic E-state index is 0.105. The minimum atomic E-state index is -0.799. The highest BCUT2D eigenvalue weighted by atomic mass is 16.7. The number of hydrogen-bond acceptors (Lipinski definition) is 7. The van der Waals surface area contributed by atoms with Crippen molar-refractivity contribution in [2.75, 3.05) is 20.3 Å². The topological polar surface area (TPSA) is 97.6 Å². The number of aliphatic hydroxyl groups excluding tert-OH is 3. The highest BCUT2D eigenvalue weighted by Crippen LogP contribution is 2.45. The number of hydrogen-bond donors (Lipinski definition) is 3. The van der Waals surface area contributed by atoms with Gasteiger partial charge in [0.15, 0.2) is 5.79 Å². The molecule has 1 aromatic rings. The van der Waals surface area contributed by atoms with Crippen LogP contribution in [0.25, 0.3) is 0 Å². The fraction of sp³-hybridized carbons (Fsp3) is 0.758. The lowest BCUT2D eigenvalue weighted by Gasteiger charge is -2.51. The Bertz CT molecular complexity index is 899. The molecule has 9 atom stereocenters. The van der Waals surface area contributed by atoms with Crippen LogP contribution in [-0.4, -0.2) is 65.8 Å². The second kappa shape index (κ2) is 15.7. The first-order valence-corrected chi connectivity index (χ1v) is 15.3. The summed E-state index contributed by atoms with van der Waals surface area (Å²) in [5.74, 6) is 1.02. The summed E-state index contributed by atoms with van der Waals surface area (Å²) in [6.45, 7) is 11.6. The Kier molecular flexibility index (Phi) is 12.9. The van der Waals surface area contributed by atoms with Crippen molar-refractivity contribution >= 4 is 0 Å². The Hall–Kier alpha value is -1.48. The molecule has 2 aliphatic heterocycles. The van der Waals surface area contributed by atoms with Gasteiger partial charge >= 0.3 is 0 Å². The lowest BCUT2D eigenvalue weighted by molar-refractivity contribution is -0.347. The zero-order valence-electron chi connectivity index (χ0n) is 25.6. The van der Waals surface area contributed by atoms with Gasteiger partial charge in [-0.05, 0) is 80.1 Å². The third kappa shape index (κ3) is 9.53. The van der Waals surface area contributed by atoms with Crippen LogP contribution in [0, 0.1) is 23.7 Å². The predicted octanol–water partition coefficient (Wildman–Crippen LogP) is 5.64. The summed E-state index contributed by atoms with van der Waals surface area (Å²) in [6.07, 6.45) is 5.76. The van der Waals surface area contributed by atoms with E-state index in [1.807, 2.05) is 38.1 Å². The van der Waals surface area contributed by atoms with Crippen LogP contribution in [0.3, 0.4) is 0 Å². The van der Waals surface area contributed by atoms with Crippen LogP contribution < -0.4 is 4.74 Å². The Labute approximate surface area is 241 Å². The first-order chi connectivity index (χ1) is 19.1. The van der Waals surface area contributed by atoms with Gasteiger partial charge in [0.25, 0.3) is 0 Å². The number of methoxy groups -OCH3 is 1. The fourth-order valence-corrected chi connectivity index (χ4v) is 6.30. The molecule has 0 radical (unpaired) electrons. The molecule has 3 rings (SSSR count). The van der Waals surface area contributed by atoms with Gasteiger partial charge in [-0.2, -0.15) is 0 Å². The molecule has 0 aliphatic carbocycles. The summed E-state index contributed by atoms with van der Waals surface area (Å²) in [4.78, 5) is 0. The average molecular weight is 563 g/mol. The zero-order valence-corrected chi connectivity index (χ0v) is 25.6. The molecule has 0 aromatic heterocycles. The summed E-state index contributed by atoms with van der Waals surface area (Å²) in [6, 6.07) is 7.80. The van der Waals surface area contributed by atoms with Crippen molar-refractivity contribution in [3.8, 4) is 5.75 Å². The molecule has 2 aliphatic rings. The maximum absolute atomic E-state index is 11.3. The van der Waals surface area contributed by atoms with E-state index in [0.717, 1.165) is 61.8 Å². The largest absolute Gasteiger partial charge is 0.497 e. The van der Waals surface area contributed by atoms with Gasteiger partial charge in [-0.3, -0.25) is 0 Å². The van der Waals surface area contributed by atoms with Crippen LogP contribution in [0.4, 0.5) is 0 Å². The Balaban J connectivity index is 1.58. The quantitative estimate of drug-likeness (QED) is 0.253. The molecule has 7 heteroatoms. The summed E-state index contributed by atoms with van der Waals surface area (Å²) >= 11 is 0. The van der Waals surface area contributed by atoms with Crippen molar-refractivity contribution in [3.63, 3.8) is 0 Å². The van der Waals surface area contributed by atoms with E-state index in [1.54, 1.807) is 7.11 Å². The predicted molar refractivity (Wildman–Crippen MR) is 157 cm³/mol. The van der Waals surface area contributed by atoms with Crippen LogP contribution >= 0.6 is 0 Å². The highest BCUT2D eigenvalue weighted by molar-refractivity contribution is 5.26. The van der Waals surface area contributed by atoms with E-state index in [2.05, 4.69) is 26.8 Å². The minimum Gasteiger partial charge on any atom is -0.497 e. The van der Waals surface area contributed by atoms with E-state index in [4.69, 9.17) is 24.1 Å². The fourth-order valence-electron chi connectivity index (χ4n) is 6.30. The van der Waals surface area contributed by atoms with Gasteiger partial charge in [-0.15, -0.1) is 0 Å². The first-order valence-electron chi connectivity index (χ1n) is 15.3. The van der Waals surface area contributed by atoms with Crippen molar-refractivity contribution < 1.29 is 34.3 Å². The van der Waals surface area contributed by atoms with Crippen molar-refractivity contribution in [1.82, 2.24) is 0 Å². The summed E-state index contributed by atoms with van der Waals surface area (Å²) in [7, 11) is 1.65. The highest BCUT2D eigenvalue weighted by Gasteiger charge is 2.49. The Morgan fingerprint density at radius 1 is 1.02 bits per heavy atom. The molecule has 1 spiro atoms. The molecule has 2 heterocycles. The van der Waals surface area contributed by atoms with Crippen molar-refractivity contribution in [3.05, 3.63) is 41.5 Å². The summed E-state index contributed by atoms with van der Waals surface area (Å²) < 4.78 is 24.4. The summed E-state index contributed by atoms with van der Waals surface area (Å²) in [5, 5.41) is 31.7. The molecule has 228 valence electrons. The maximum Gasteiger partial charge on any atom is 0.169 e. The monoisotopic (exact) mass is 562 g/mol. The molecule has 3 N–H and O–H groups in total. The normalized spacial score (nSPS) is 30.6. The van der Waals surface area contributed by atoms with Crippen LogP contribution in [0.15, 0.2) is 35.9 Å². The van der Waals surface area contributed by atoms with E-state index in [0.29, 0.717) is 31.0 Å². The molecular weight excluding hydrogens is 508 g/mol. The standard InChI is InChI=1S/C33H54O7/c1-22(14-15-34)8-7-9-25(4)31(35)29-16-23(2)18-33(39-29)19-24(3)17-30(40-33)32(36)26(5)20-38-21-27-10-12-28(37-6)13-11-27/h9-13,22-24,26,29-32,34-36H,7-8,14-21H2,1-6H3/b25-9+/t22-,23+,24-,26-,29-,30-,31-,32-,33-/m0/s1. The van der Waals surface area contributed by atoms with Crippen LogP contribution in [-0.2, 0) is 20.8 Å². The van der Waals surface area contributed by atoms with Crippen molar-refractivity contribution in [2.24, 2.45) is 23.7 Å². The van der Waals surface area contributed by atoms with Gasteiger partial charge in [-0.25, -0.2) is 0 Å². The SMILES string of the molecule is COc1ccc(COC[C@H](C)[C@H](O)[C@@H]2C[C@H](C)C[C@]3(C[C@H](C)C[C@@H]([C@@H](O)/C(C)=C/CC[C@H](C)CCO)O3)O2)cc1. The molecular formula is C33H54O7. The number of allylic oxidation sites excluding steroid dienone is 1. The number of benzene rings is 1. The van der Waals surface area contributed by atoms with Gasteiger partial charge in [0.2, 0.25) is 0 Å². The van der Waals surface area contributed by atoms with Crippen LogP contribution in [0.5, 0.6) is 5.75 Å². The molecule has 1 aromatic carbocycles. The second-order valence-corrected chi connectivity index (χ2v) is 12.7. The number of aliphatic hydroxyl groups is 3. The smallest absolute Gasteiger partial charge is 0.169 e. The van der Waals surface area contributed by atoms with Gasteiger partial charge in [-0.1, -0.05) is 45.9 Å². The van der Waals surface area contributed by atoms with Gasteiger partial charge in [0, 0.05) is 25.4 Å². The maximum atomic E-state index is 11.3. The second-order valence-electron chi connectivity index (χ2n) is 12.7. The van der Waals surface area contributed by atoms with Crippen LogP contribution in [0.1, 0.15) is 85.1 Å². The Morgan fingerprint density at radius 3 is 2.27 bits per heavy atom. The van der Waals surface area contributed by atoms with E-state index in [-0.39, 0.29) is 24.7 Å². The third-order valence-corrected chi connectivity index (χ3v) is 8.66. The molecule has 2 fully saturated rings. The molecule has 0 bridgehead atoms. The van der Waals surface area contributed by atoms with Gasteiger partial charge < -0.3 is 34.3 Å². The first kappa shape index (κ1) is 33.0. The molecule has 2 saturated heterocycles. The average Bonchev–Trinajstić information content (AvgIpc) is 2.91. The van der Waals surface area contributed by atoms with Crippen molar-refractivity contribution in [1.29, 1.82) is 0 Å². The molecule has 7 nitrogen and oxygen atoms in total. The molecule has 40 heavy (non-hydrogen) atoms. The van der Waals surface area contributed by atoms with Crippen LogP contribution in [0.2, 0.25) is 0 Å². The van der Waals surface area contributed by atoms with Gasteiger partial charge in [0.05, 0.1) is 38.6 Å².